The fourth-order valence-corrected chi connectivity index (χ4v) is 2.31. The van der Waals surface area contributed by atoms with Crippen LogP contribution in [0.1, 0.15) is 37.7 Å². The molecule has 0 atom stereocenters. The number of benzene rings is 1. The highest BCUT2D eigenvalue weighted by atomic mass is 19.1. The highest BCUT2D eigenvalue weighted by Gasteiger charge is 2.28. The smallest absolute Gasteiger partial charge is 0.166 e. The summed E-state index contributed by atoms with van der Waals surface area (Å²) in [6.45, 7) is 0.329. The molecule has 0 saturated heterocycles. The Morgan fingerprint density at radius 3 is 2.67 bits per heavy atom. The number of hydrogen-bond acceptors (Lipinski definition) is 3. The van der Waals surface area contributed by atoms with Gasteiger partial charge in [0, 0.05) is 0 Å². The minimum Gasteiger partial charge on any atom is -0.489 e. The minimum absolute atomic E-state index is 0.171. The Kier molecular flexibility index (Phi) is 3.83. The van der Waals surface area contributed by atoms with Crippen molar-refractivity contribution in [3.8, 4) is 11.8 Å². The molecule has 1 aliphatic rings. The highest BCUT2D eigenvalue weighted by molar-refractivity contribution is 5.36. The third-order valence-electron chi connectivity index (χ3n) is 3.43. The summed E-state index contributed by atoms with van der Waals surface area (Å²) < 4.78 is 19.1. The number of halogens is 1. The first kappa shape index (κ1) is 12.8. The molecular weight excluding hydrogens is 231 g/mol. The van der Waals surface area contributed by atoms with Gasteiger partial charge in [0.1, 0.15) is 6.61 Å². The summed E-state index contributed by atoms with van der Waals surface area (Å²) in [5.74, 6) is -0.335. The normalized spacial score (nSPS) is 18.1. The molecule has 96 valence electrons. The monoisotopic (exact) mass is 248 g/mol. The van der Waals surface area contributed by atoms with Crippen molar-refractivity contribution in [2.75, 3.05) is 6.61 Å². The summed E-state index contributed by atoms with van der Waals surface area (Å²) in [4.78, 5) is 0. The quantitative estimate of drug-likeness (QED) is 0.894. The van der Waals surface area contributed by atoms with Crippen LogP contribution in [0.2, 0.25) is 0 Å². The molecule has 0 radical (unpaired) electrons. The lowest BCUT2D eigenvalue weighted by molar-refractivity contribution is 0.169. The predicted octanol–water partition coefficient (Wildman–Crippen LogP) is 2.74. The van der Waals surface area contributed by atoms with E-state index in [9.17, 15) is 4.39 Å². The van der Waals surface area contributed by atoms with Crippen molar-refractivity contribution in [2.45, 2.75) is 37.6 Å². The van der Waals surface area contributed by atoms with Crippen molar-refractivity contribution < 1.29 is 9.13 Å². The van der Waals surface area contributed by atoms with Gasteiger partial charge in [0.2, 0.25) is 0 Å². The average molecular weight is 248 g/mol. The van der Waals surface area contributed by atoms with Crippen LogP contribution in [0.3, 0.4) is 0 Å². The Morgan fingerprint density at radius 1 is 1.33 bits per heavy atom. The van der Waals surface area contributed by atoms with Crippen molar-refractivity contribution in [1.29, 1.82) is 5.26 Å². The third-order valence-corrected chi connectivity index (χ3v) is 3.43. The maximum absolute atomic E-state index is 13.6. The van der Waals surface area contributed by atoms with Gasteiger partial charge >= 0.3 is 0 Å². The second kappa shape index (κ2) is 5.36. The van der Waals surface area contributed by atoms with Crippen LogP contribution in [0.5, 0.6) is 5.75 Å². The predicted molar refractivity (Wildman–Crippen MR) is 66.6 cm³/mol. The number of nitrogens with two attached hydrogens (primary N) is 1. The van der Waals surface area contributed by atoms with Crippen LogP contribution in [0.4, 0.5) is 4.39 Å². The molecule has 0 amide bonds. The molecule has 1 aromatic carbocycles. The SMILES string of the molecule is N#Cc1ccc(OCC2(N)CCCCC2)c(F)c1. The molecule has 0 bridgehead atoms. The number of nitriles is 1. The topological polar surface area (TPSA) is 59.0 Å². The lowest BCUT2D eigenvalue weighted by atomic mass is 9.83. The van der Waals surface area contributed by atoms with Crippen molar-refractivity contribution in [3.63, 3.8) is 0 Å². The number of nitrogens with zero attached hydrogens (tertiary/aromatic N) is 1. The molecule has 0 unspecified atom stereocenters. The summed E-state index contributed by atoms with van der Waals surface area (Å²) >= 11 is 0. The summed E-state index contributed by atoms with van der Waals surface area (Å²) in [5, 5.41) is 8.65. The van der Waals surface area contributed by atoms with E-state index in [1.54, 1.807) is 6.07 Å². The van der Waals surface area contributed by atoms with E-state index in [0.717, 1.165) is 25.7 Å². The van der Waals surface area contributed by atoms with Gasteiger partial charge in [-0.25, -0.2) is 4.39 Å². The molecule has 0 aliphatic heterocycles. The minimum atomic E-state index is -0.506. The summed E-state index contributed by atoms with van der Waals surface area (Å²) in [5.41, 5.74) is 6.17. The maximum Gasteiger partial charge on any atom is 0.166 e. The Hall–Kier alpha value is -1.60. The molecule has 2 N–H and O–H groups in total. The van der Waals surface area contributed by atoms with Crippen LogP contribution in [0, 0.1) is 17.1 Å². The van der Waals surface area contributed by atoms with E-state index in [1.807, 2.05) is 6.07 Å². The first-order chi connectivity index (χ1) is 8.63. The molecule has 2 rings (SSSR count). The molecule has 1 aliphatic carbocycles. The highest BCUT2D eigenvalue weighted by Crippen LogP contribution is 2.27. The molecule has 0 aromatic heterocycles. The zero-order valence-electron chi connectivity index (χ0n) is 10.3. The van der Waals surface area contributed by atoms with Crippen LogP contribution in [-0.4, -0.2) is 12.1 Å². The van der Waals surface area contributed by atoms with E-state index < -0.39 is 5.82 Å². The van der Waals surface area contributed by atoms with E-state index in [0.29, 0.717) is 12.2 Å². The second-order valence-corrected chi connectivity index (χ2v) is 4.97. The van der Waals surface area contributed by atoms with Gasteiger partial charge in [0.05, 0.1) is 17.2 Å². The molecule has 0 spiro atoms. The molecule has 1 fully saturated rings. The average Bonchev–Trinajstić information content (AvgIpc) is 2.38. The van der Waals surface area contributed by atoms with Crippen LogP contribution in [-0.2, 0) is 0 Å². The molecule has 1 saturated carbocycles. The largest absolute Gasteiger partial charge is 0.489 e. The van der Waals surface area contributed by atoms with Crippen molar-refractivity contribution in [3.05, 3.63) is 29.6 Å². The van der Waals surface area contributed by atoms with E-state index in [-0.39, 0.29) is 11.3 Å². The van der Waals surface area contributed by atoms with Gasteiger partial charge in [0.15, 0.2) is 11.6 Å². The Bertz CT molecular complexity index is 461. The van der Waals surface area contributed by atoms with E-state index in [1.165, 1.54) is 18.6 Å². The summed E-state index contributed by atoms with van der Waals surface area (Å²) in [6, 6.07) is 6.10. The van der Waals surface area contributed by atoms with Gasteiger partial charge < -0.3 is 10.5 Å². The molecule has 4 heteroatoms. The standard InChI is InChI=1S/C14H17FN2O/c15-12-8-11(9-16)4-5-13(12)18-10-14(17)6-2-1-3-7-14/h4-5,8H,1-3,6-7,10,17H2. The van der Waals surface area contributed by atoms with Crippen LogP contribution in [0.15, 0.2) is 18.2 Å². The van der Waals surface area contributed by atoms with Gasteiger partial charge in [0.25, 0.3) is 0 Å². The van der Waals surface area contributed by atoms with Crippen LogP contribution >= 0.6 is 0 Å². The van der Waals surface area contributed by atoms with E-state index in [4.69, 9.17) is 15.7 Å². The first-order valence-electron chi connectivity index (χ1n) is 6.24. The molecular formula is C14H17FN2O. The summed E-state index contributed by atoms with van der Waals surface area (Å²) in [6.07, 6.45) is 5.27. The van der Waals surface area contributed by atoms with Crippen LogP contribution < -0.4 is 10.5 Å². The first-order valence-corrected chi connectivity index (χ1v) is 6.24. The fraction of sp³-hybridized carbons (Fsp3) is 0.500. The number of rotatable bonds is 3. The zero-order chi connectivity index (χ0) is 13.0. The van der Waals surface area contributed by atoms with Gasteiger partial charge in [-0.05, 0) is 31.0 Å². The summed E-state index contributed by atoms with van der Waals surface area (Å²) in [7, 11) is 0. The van der Waals surface area contributed by atoms with Crippen LogP contribution in [0.25, 0.3) is 0 Å². The van der Waals surface area contributed by atoms with Gasteiger partial charge in [-0.15, -0.1) is 0 Å². The number of ether oxygens (including phenoxy) is 1. The van der Waals surface area contributed by atoms with Gasteiger partial charge in [-0.3, -0.25) is 0 Å². The maximum atomic E-state index is 13.6. The van der Waals surface area contributed by atoms with Crippen molar-refractivity contribution in [1.82, 2.24) is 0 Å². The van der Waals surface area contributed by atoms with Gasteiger partial charge in [-0.2, -0.15) is 5.26 Å². The van der Waals surface area contributed by atoms with Gasteiger partial charge in [-0.1, -0.05) is 19.3 Å². The molecule has 0 heterocycles. The Labute approximate surface area is 106 Å². The van der Waals surface area contributed by atoms with Crippen molar-refractivity contribution in [2.24, 2.45) is 5.73 Å². The third kappa shape index (κ3) is 2.99. The van der Waals surface area contributed by atoms with E-state index in [2.05, 4.69) is 0 Å². The molecule has 18 heavy (non-hydrogen) atoms. The van der Waals surface area contributed by atoms with Crippen molar-refractivity contribution >= 4 is 0 Å². The molecule has 1 aromatic rings. The Morgan fingerprint density at radius 2 is 2.06 bits per heavy atom. The lowest BCUT2D eigenvalue weighted by Crippen LogP contribution is -2.47. The van der Waals surface area contributed by atoms with E-state index >= 15 is 0 Å². The molecule has 3 nitrogen and oxygen atoms in total. The lowest BCUT2D eigenvalue weighted by Gasteiger charge is -2.33. The zero-order valence-corrected chi connectivity index (χ0v) is 10.3. The number of hydrogen-bond donors (Lipinski definition) is 1. The second-order valence-electron chi connectivity index (χ2n) is 4.97. The fourth-order valence-electron chi connectivity index (χ4n) is 2.31. The Balaban J connectivity index is 2.00.